The van der Waals surface area contributed by atoms with Crippen LogP contribution in [0.25, 0.3) is 0 Å². The van der Waals surface area contributed by atoms with Crippen LogP contribution in [0.3, 0.4) is 0 Å². The minimum atomic E-state index is 0.0366. The minimum absolute atomic E-state index is 0.0366. The van der Waals surface area contributed by atoms with Gasteiger partial charge in [-0.3, -0.25) is 4.79 Å². The SMILES string of the molecule is N#Cc1ccc(CNC(=O)CCCn2ccnc2)cc1. The molecule has 5 nitrogen and oxygen atoms in total. The van der Waals surface area contributed by atoms with Gasteiger partial charge in [0, 0.05) is 31.9 Å². The van der Waals surface area contributed by atoms with Crippen molar-refractivity contribution < 1.29 is 4.79 Å². The normalized spacial score (nSPS) is 9.95. The van der Waals surface area contributed by atoms with E-state index >= 15 is 0 Å². The lowest BCUT2D eigenvalue weighted by atomic mass is 10.1. The molecule has 0 unspecified atom stereocenters. The van der Waals surface area contributed by atoms with E-state index in [2.05, 4.69) is 16.4 Å². The molecule has 0 aliphatic rings. The second kappa shape index (κ2) is 7.10. The van der Waals surface area contributed by atoms with Crippen molar-refractivity contribution in [3.05, 3.63) is 54.1 Å². The average molecular weight is 268 g/mol. The van der Waals surface area contributed by atoms with Crippen molar-refractivity contribution in [2.75, 3.05) is 0 Å². The number of benzene rings is 1. The van der Waals surface area contributed by atoms with Gasteiger partial charge in [0.2, 0.25) is 5.91 Å². The zero-order valence-corrected chi connectivity index (χ0v) is 11.1. The Morgan fingerprint density at radius 3 is 2.80 bits per heavy atom. The summed E-state index contributed by atoms with van der Waals surface area (Å²) < 4.78 is 1.95. The van der Waals surface area contributed by atoms with Crippen molar-refractivity contribution in [2.45, 2.75) is 25.9 Å². The van der Waals surface area contributed by atoms with Crippen LogP contribution >= 0.6 is 0 Å². The summed E-state index contributed by atoms with van der Waals surface area (Å²) in [6.07, 6.45) is 6.64. The molecule has 0 bridgehead atoms. The molecule has 1 aromatic carbocycles. The van der Waals surface area contributed by atoms with Gasteiger partial charge in [0.15, 0.2) is 0 Å². The molecule has 0 spiro atoms. The van der Waals surface area contributed by atoms with Crippen LogP contribution in [-0.4, -0.2) is 15.5 Å². The molecule has 1 heterocycles. The average Bonchev–Trinajstić information content (AvgIpc) is 2.99. The van der Waals surface area contributed by atoms with Crippen LogP contribution in [-0.2, 0) is 17.9 Å². The number of carbonyl (C=O) groups excluding carboxylic acids is 1. The number of aryl methyl sites for hydroxylation is 1. The first kappa shape index (κ1) is 13.8. The Balaban J connectivity index is 1.68. The number of rotatable bonds is 6. The minimum Gasteiger partial charge on any atom is -0.352 e. The molecular weight excluding hydrogens is 252 g/mol. The number of hydrogen-bond donors (Lipinski definition) is 1. The summed E-state index contributed by atoms with van der Waals surface area (Å²) in [7, 11) is 0. The molecule has 102 valence electrons. The molecule has 1 aromatic heterocycles. The summed E-state index contributed by atoms with van der Waals surface area (Å²) in [5, 5.41) is 11.6. The van der Waals surface area contributed by atoms with E-state index in [1.807, 2.05) is 22.9 Å². The number of nitrogens with one attached hydrogen (secondary N) is 1. The molecule has 0 saturated heterocycles. The number of amides is 1. The molecule has 0 fully saturated rings. The first-order valence-electron chi connectivity index (χ1n) is 6.49. The molecule has 0 atom stereocenters. The van der Waals surface area contributed by atoms with Gasteiger partial charge in [0.1, 0.15) is 0 Å². The second-order valence-electron chi connectivity index (χ2n) is 4.49. The maximum absolute atomic E-state index is 11.7. The highest BCUT2D eigenvalue weighted by atomic mass is 16.1. The van der Waals surface area contributed by atoms with Crippen LogP contribution in [0, 0.1) is 11.3 Å². The zero-order chi connectivity index (χ0) is 14.2. The second-order valence-corrected chi connectivity index (χ2v) is 4.49. The predicted octanol–water partition coefficient (Wildman–Crippen LogP) is 1.85. The molecule has 2 aromatic rings. The van der Waals surface area contributed by atoms with E-state index in [1.165, 1.54) is 0 Å². The first-order chi connectivity index (χ1) is 9.78. The fourth-order valence-electron chi connectivity index (χ4n) is 1.83. The topological polar surface area (TPSA) is 70.7 Å². The van der Waals surface area contributed by atoms with Crippen LogP contribution < -0.4 is 5.32 Å². The predicted molar refractivity (Wildman–Crippen MR) is 74.5 cm³/mol. The van der Waals surface area contributed by atoms with Gasteiger partial charge in [0.05, 0.1) is 18.0 Å². The van der Waals surface area contributed by atoms with Gasteiger partial charge in [-0.15, -0.1) is 0 Å². The Bertz CT molecular complexity index is 581. The van der Waals surface area contributed by atoms with Crippen molar-refractivity contribution in [3.8, 4) is 6.07 Å². The Labute approximate surface area is 117 Å². The van der Waals surface area contributed by atoms with Gasteiger partial charge < -0.3 is 9.88 Å². The summed E-state index contributed by atoms with van der Waals surface area (Å²) in [6.45, 7) is 1.29. The Hall–Kier alpha value is -2.61. The molecule has 0 aliphatic heterocycles. The van der Waals surface area contributed by atoms with E-state index in [9.17, 15) is 4.79 Å². The van der Waals surface area contributed by atoms with Crippen molar-refractivity contribution >= 4 is 5.91 Å². The third-order valence-corrected chi connectivity index (χ3v) is 2.95. The van der Waals surface area contributed by atoms with Gasteiger partial charge in [-0.25, -0.2) is 4.98 Å². The van der Waals surface area contributed by atoms with Crippen LogP contribution in [0.4, 0.5) is 0 Å². The van der Waals surface area contributed by atoms with Gasteiger partial charge >= 0.3 is 0 Å². The molecule has 20 heavy (non-hydrogen) atoms. The Morgan fingerprint density at radius 2 is 2.15 bits per heavy atom. The summed E-state index contributed by atoms with van der Waals surface area (Å²) in [5.41, 5.74) is 1.62. The lowest BCUT2D eigenvalue weighted by Crippen LogP contribution is -2.22. The van der Waals surface area contributed by atoms with Crippen LogP contribution in [0.5, 0.6) is 0 Å². The zero-order valence-electron chi connectivity index (χ0n) is 11.1. The molecule has 0 radical (unpaired) electrons. The molecule has 1 N–H and O–H groups in total. The number of aromatic nitrogens is 2. The number of hydrogen-bond acceptors (Lipinski definition) is 3. The highest BCUT2D eigenvalue weighted by molar-refractivity contribution is 5.75. The van der Waals surface area contributed by atoms with Gasteiger partial charge in [-0.05, 0) is 24.1 Å². The number of carbonyl (C=O) groups is 1. The summed E-state index contributed by atoms with van der Waals surface area (Å²) in [5.74, 6) is 0.0366. The van der Waals surface area contributed by atoms with E-state index in [0.717, 1.165) is 18.5 Å². The van der Waals surface area contributed by atoms with Gasteiger partial charge in [-0.2, -0.15) is 5.26 Å². The van der Waals surface area contributed by atoms with E-state index in [0.29, 0.717) is 18.5 Å². The monoisotopic (exact) mass is 268 g/mol. The summed E-state index contributed by atoms with van der Waals surface area (Å²) in [6, 6.07) is 9.27. The van der Waals surface area contributed by atoms with Crippen molar-refractivity contribution in [1.82, 2.24) is 14.9 Å². The van der Waals surface area contributed by atoms with Crippen LogP contribution in [0.2, 0.25) is 0 Å². The van der Waals surface area contributed by atoms with Crippen LogP contribution in [0.15, 0.2) is 43.0 Å². The molecule has 0 saturated carbocycles. The lowest BCUT2D eigenvalue weighted by Gasteiger charge is -2.06. The number of nitriles is 1. The van der Waals surface area contributed by atoms with Crippen molar-refractivity contribution in [1.29, 1.82) is 5.26 Å². The maximum atomic E-state index is 11.7. The quantitative estimate of drug-likeness (QED) is 0.869. The molecule has 1 amide bonds. The van der Waals surface area contributed by atoms with Crippen molar-refractivity contribution in [2.24, 2.45) is 0 Å². The third kappa shape index (κ3) is 4.25. The number of nitrogens with zero attached hydrogens (tertiary/aromatic N) is 3. The fraction of sp³-hybridized carbons (Fsp3) is 0.267. The standard InChI is InChI=1S/C15H16N4O/c16-10-13-3-5-14(6-4-13)11-18-15(20)2-1-8-19-9-7-17-12-19/h3-7,9,12H,1-2,8,11H2,(H,18,20). The summed E-state index contributed by atoms with van der Waals surface area (Å²) >= 11 is 0. The van der Waals surface area contributed by atoms with E-state index < -0.39 is 0 Å². The van der Waals surface area contributed by atoms with E-state index in [4.69, 9.17) is 5.26 Å². The van der Waals surface area contributed by atoms with Crippen molar-refractivity contribution in [3.63, 3.8) is 0 Å². The molecular formula is C15H16N4O. The fourth-order valence-corrected chi connectivity index (χ4v) is 1.83. The summed E-state index contributed by atoms with van der Waals surface area (Å²) in [4.78, 5) is 15.6. The largest absolute Gasteiger partial charge is 0.352 e. The highest BCUT2D eigenvalue weighted by Gasteiger charge is 2.01. The highest BCUT2D eigenvalue weighted by Crippen LogP contribution is 2.03. The Morgan fingerprint density at radius 1 is 1.35 bits per heavy atom. The maximum Gasteiger partial charge on any atom is 0.220 e. The van der Waals surface area contributed by atoms with Gasteiger partial charge in [0.25, 0.3) is 0 Å². The Kier molecular flexibility index (Phi) is 4.90. The third-order valence-electron chi connectivity index (χ3n) is 2.95. The van der Waals surface area contributed by atoms with E-state index in [-0.39, 0.29) is 5.91 Å². The smallest absolute Gasteiger partial charge is 0.220 e. The molecule has 2 rings (SSSR count). The lowest BCUT2D eigenvalue weighted by molar-refractivity contribution is -0.121. The molecule has 0 aliphatic carbocycles. The van der Waals surface area contributed by atoms with Gasteiger partial charge in [-0.1, -0.05) is 12.1 Å². The van der Waals surface area contributed by atoms with Crippen LogP contribution in [0.1, 0.15) is 24.0 Å². The van der Waals surface area contributed by atoms with E-state index in [1.54, 1.807) is 24.7 Å². The molecule has 5 heteroatoms. The number of imidazole rings is 1. The first-order valence-corrected chi connectivity index (χ1v) is 6.49.